The first-order valence-electron chi connectivity index (χ1n) is 5.66. The summed E-state index contributed by atoms with van der Waals surface area (Å²) in [5.41, 5.74) is 0. The van der Waals surface area contributed by atoms with E-state index in [2.05, 4.69) is 5.32 Å². The molecule has 5 nitrogen and oxygen atoms in total. The van der Waals surface area contributed by atoms with Gasteiger partial charge in [0.25, 0.3) is 0 Å². The molecular formula is C11H16N2O3S. The fraction of sp³-hybridized carbons (Fsp3) is 0.636. The lowest BCUT2D eigenvalue weighted by atomic mass is 10.2. The summed E-state index contributed by atoms with van der Waals surface area (Å²) in [6, 6.07) is 3.50. The van der Waals surface area contributed by atoms with Gasteiger partial charge < -0.3 is 10.1 Å². The number of thiophene rings is 1. The number of methoxy groups -OCH3 is 1. The van der Waals surface area contributed by atoms with Gasteiger partial charge in [0, 0.05) is 24.6 Å². The van der Waals surface area contributed by atoms with Crippen molar-refractivity contribution in [1.82, 2.24) is 5.32 Å². The molecule has 1 fully saturated rings. The molecule has 2 rings (SSSR count). The summed E-state index contributed by atoms with van der Waals surface area (Å²) in [6.45, 7) is 2.56. The van der Waals surface area contributed by atoms with Gasteiger partial charge in [0.1, 0.15) is 0 Å². The van der Waals surface area contributed by atoms with E-state index in [9.17, 15) is 10.1 Å². The van der Waals surface area contributed by atoms with Gasteiger partial charge in [0.15, 0.2) is 0 Å². The average molecular weight is 256 g/mol. The highest BCUT2D eigenvalue weighted by Gasteiger charge is 2.39. The number of rotatable bonds is 7. The summed E-state index contributed by atoms with van der Waals surface area (Å²) in [7, 11) is 1.69. The zero-order valence-electron chi connectivity index (χ0n) is 9.72. The highest BCUT2D eigenvalue weighted by atomic mass is 32.1. The van der Waals surface area contributed by atoms with E-state index in [0.29, 0.717) is 11.8 Å². The lowest BCUT2D eigenvalue weighted by molar-refractivity contribution is -0.380. The Labute approximate surface area is 104 Å². The van der Waals surface area contributed by atoms with Crippen LogP contribution in [0, 0.1) is 16.0 Å². The molecule has 1 aliphatic carbocycles. The Kier molecular flexibility index (Phi) is 4.09. The predicted molar refractivity (Wildman–Crippen MR) is 66.6 cm³/mol. The molecule has 0 aliphatic heterocycles. The van der Waals surface area contributed by atoms with Gasteiger partial charge in [-0.1, -0.05) is 11.3 Å². The third-order valence-corrected chi connectivity index (χ3v) is 4.14. The van der Waals surface area contributed by atoms with Crippen LogP contribution >= 0.6 is 11.3 Å². The van der Waals surface area contributed by atoms with Crippen molar-refractivity contribution >= 4 is 16.3 Å². The Bertz CT molecular complexity index is 394. The van der Waals surface area contributed by atoms with Crippen LogP contribution in [0.3, 0.4) is 0 Å². The minimum absolute atomic E-state index is 0.248. The first-order valence-corrected chi connectivity index (χ1v) is 6.47. The van der Waals surface area contributed by atoms with Crippen molar-refractivity contribution in [1.29, 1.82) is 0 Å². The number of hydrogen-bond acceptors (Lipinski definition) is 5. The Morgan fingerprint density at radius 2 is 2.47 bits per heavy atom. The minimum Gasteiger partial charge on any atom is -0.383 e. The molecule has 0 amide bonds. The molecule has 0 aromatic carbocycles. The zero-order chi connectivity index (χ0) is 12.3. The topological polar surface area (TPSA) is 64.4 Å². The van der Waals surface area contributed by atoms with E-state index in [1.165, 1.54) is 11.3 Å². The molecular weight excluding hydrogens is 240 g/mol. The Hall–Kier alpha value is -0.980. The summed E-state index contributed by atoms with van der Waals surface area (Å²) in [5, 5.41) is 14.1. The molecule has 0 bridgehead atoms. The second-order valence-electron chi connectivity index (χ2n) is 4.23. The quantitative estimate of drug-likeness (QED) is 0.460. The molecule has 0 saturated heterocycles. The lowest BCUT2D eigenvalue weighted by Gasteiger charge is -2.02. The number of nitrogens with zero attached hydrogens (tertiary/aromatic N) is 1. The summed E-state index contributed by atoms with van der Waals surface area (Å²) in [4.78, 5) is 11.4. The summed E-state index contributed by atoms with van der Waals surface area (Å²) in [5.74, 6) is 1.15. The van der Waals surface area contributed by atoms with E-state index >= 15 is 0 Å². The molecule has 1 aromatic rings. The van der Waals surface area contributed by atoms with Gasteiger partial charge in [-0.3, -0.25) is 10.1 Å². The summed E-state index contributed by atoms with van der Waals surface area (Å²) >= 11 is 1.31. The average Bonchev–Trinajstić information content (AvgIpc) is 2.90. The Morgan fingerprint density at radius 1 is 1.65 bits per heavy atom. The first kappa shape index (κ1) is 12.5. The second-order valence-corrected chi connectivity index (χ2v) is 5.33. The number of ether oxygens (including phenoxy) is 1. The molecule has 1 saturated carbocycles. The highest BCUT2D eigenvalue weighted by Crippen LogP contribution is 2.50. The van der Waals surface area contributed by atoms with Crippen LogP contribution in [0.25, 0.3) is 0 Å². The van der Waals surface area contributed by atoms with Gasteiger partial charge in [-0.2, -0.15) is 0 Å². The molecule has 6 heteroatoms. The fourth-order valence-corrected chi connectivity index (χ4v) is 2.95. The third kappa shape index (κ3) is 3.24. The van der Waals surface area contributed by atoms with Crippen LogP contribution in [0.5, 0.6) is 0 Å². The molecule has 1 N–H and O–H groups in total. The molecule has 1 aliphatic rings. The SMILES string of the molecule is COCCNCC1CC1c1ccc([N+](=O)[O-])s1. The van der Waals surface area contributed by atoms with E-state index in [-0.39, 0.29) is 9.92 Å². The van der Waals surface area contributed by atoms with Gasteiger partial charge in [-0.05, 0) is 30.9 Å². The largest absolute Gasteiger partial charge is 0.383 e. The monoisotopic (exact) mass is 256 g/mol. The second kappa shape index (κ2) is 5.57. The van der Waals surface area contributed by atoms with Gasteiger partial charge in [-0.15, -0.1) is 0 Å². The Balaban J connectivity index is 1.75. The van der Waals surface area contributed by atoms with E-state index in [1.54, 1.807) is 13.2 Å². The first-order chi connectivity index (χ1) is 8.22. The van der Waals surface area contributed by atoms with Gasteiger partial charge in [0.05, 0.1) is 11.5 Å². The minimum atomic E-state index is -0.317. The molecule has 0 spiro atoms. The van der Waals surface area contributed by atoms with Crippen LogP contribution in [0.1, 0.15) is 17.2 Å². The van der Waals surface area contributed by atoms with Crippen LogP contribution in [0.4, 0.5) is 5.00 Å². The number of hydrogen-bond donors (Lipinski definition) is 1. The molecule has 2 atom stereocenters. The Morgan fingerprint density at radius 3 is 3.12 bits per heavy atom. The standard InChI is InChI=1S/C11H16N2O3S/c1-16-5-4-12-7-8-6-9(8)10-2-3-11(17-10)13(14)15/h2-3,8-9,12H,4-7H2,1H3. The molecule has 2 unspecified atom stereocenters. The number of nitrogens with one attached hydrogen (secondary N) is 1. The normalized spacial score (nSPS) is 22.6. The van der Waals surface area contributed by atoms with Crippen LogP contribution in [0.2, 0.25) is 0 Å². The molecule has 1 heterocycles. The van der Waals surface area contributed by atoms with E-state index in [0.717, 1.165) is 31.0 Å². The van der Waals surface area contributed by atoms with Crippen LogP contribution in [0.15, 0.2) is 12.1 Å². The lowest BCUT2D eigenvalue weighted by Crippen LogP contribution is -2.21. The van der Waals surface area contributed by atoms with Gasteiger partial charge in [-0.25, -0.2) is 0 Å². The van der Waals surface area contributed by atoms with Gasteiger partial charge >= 0.3 is 5.00 Å². The molecule has 17 heavy (non-hydrogen) atoms. The van der Waals surface area contributed by atoms with Crippen LogP contribution in [-0.2, 0) is 4.74 Å². The smallest absolute Gasteiger partial charge is 0.324 e. The molecule has 0 radical (unpaired) electrons. The van der Waals surface area contributed by atoms with E-state index in [4.69, 9.17) is 4.74 Å². The van der Waals surface area contributed by atoms with E-state index < -0.39 is 0 Å². The van der Waals surface area contributed by atoms with Crippen molar-refractivity contribution in [2.75, 3.05) is 26.8 Å². The van der Waals surface area contributed by atoms with Gasteiger partial charge in [0.2, 0.25) is 0 Å². The van der Waals surface area contributed by atoms with Crippen molar-refractivity contribution in [2.24, 2.45) is 5.92 Å². The van der Waals surface area contributed by atoms with Crippen LogP contribution in [-0.4, -0.2) is 31.7 Å². The number of nitro groups is 1. The van der Waals surface area contributed by atoms with E-state index in [1.807, 2.05) is 6.07 Å². The van der Waals surface area contributed by atoms with Crippen molar-refractivity contribution in [3.63, 3.8) is 0 Å². The van der Waals surface area contributed by atoms with Crippen LogP contribution < -0.4 is 5.32 Å². The maximum atomic E-state index is 10.6. The van der Waals surface area contributed by atoms with Crippen molar-refractivity contribution < 1.29 is 9.66 Å². The van der Waals surface area contributed by atoms with Crippen molar-refractivity contribution in [2.45, 2.75) is 12.3 Å². The summed E-state index contributed by atoms with van der Waals surface area (Å²) in [6.07, 6.45) is 1.14. The molecule has 94 valence electrons. The predicted octanol–water partition coefficient (Wildman–Crippen LogP) is 2.00. The van der Waals surface area contributed by atoms with Crippen molar-refractivity contribution in [3.8, 4) is 0 Å². The zero-order valence-corrected chi connectivity index (χ0v) is 10.5. The maximum absolute atomic E-state index is 10.6. The molecule has 1 aromatic heterocycles. The third-order valence-electron chi connectivity index (χ3n) is 2.97. The van der Waals surface area contributed by atoms with Crippen molar-refractivity contribution in [3.05, 3.63) is 27.1 Å². The fourth-order valence-electron chi connectivity index (χ4n) is 1.92. The maximum Gasteiger partial charge on any atom is 0.324 e. The summed E-state index contributed by atoms with van der Waals surface area (Å²) < 4.78 is 4.95. The highest BCUT2D eigenvalue weighted by molar-refractivity contribution is 7.15.